The minimum absolute atomic E-state index is 0.0726. The Balaban J connectivity index is 1.68. The molecule has 0 bridgehead atoms. The Kier molecular flexibility index (Phi) is 6.67. The highest BCUT2D eigenvalue weighted by molar-refractivity contribution is 6.30. The molecule has 0 saturated carbocycles. The lowest BCUT2D eigenvalue weighted by atomic mass is 9.80. The number of benzene rings is 3. The van der Waals surface area contributed by atoms with E-state index in [0.717, 1.165) is 28.5 Å². The fourth-order valence-electron chi connectivity index (χ4n) is 4.70. The quantitative estimate of drug-likeness (QED) is 0.288. The number of nitrogens with zero attached hydrogens (tertiary/aromatic N) is 2. The number of aromatic nitrogens is 2. The van der Waals surface area contributed by atoms with Gasteiger partial charge in [-0.15, -0.1) is 0 Å². The van der Waals surface area contributed by atoms with Crippen LogP contribution >= 0.6 is 23.2 Å². The van der Waals surface area contributed by atoms with Crippen molar-refractivity contribution in [2.75, 3.05) is 0 Å². The molecule has 0 fully saturated rings. The third-order valence-corrected chi connectivity index (χ3v) is 7.15. The fourth-order valence-corrected chi connectivity index (χ4v) is 5.04. The molecule has 2 aromatic heterocycles. The van der Waals surface area contributed by atoms with E-state index in [1.807, 2.05) is 60.7 Å². The molecule has 0 aliphatic rings. The molecule has 1 N–H and O–H groups in total. The van der Waals surface area contributed by atoms with Crippen LogP contribution in [0.3, 0.4) is 0 Å². The zero-order valence-corrected chi connectivity index (χ0v) is 21.2. The van der Waals surface area contributed by atoms with Crippen molar-refractivity contribution in [3.8, 4) is 0 Å². The van der Waals surface area contributed by atoms with Gasteiger partial charge in [0.2, 0.25) is 0 Å². The molecule has 0 aliphatic carbocycles. The highest BCUT2D eigenvalue weighted by Gasteiger charge is 2.34. The molecule has 0 amide bonds. The van der Waals surface area contributed by atoms with Gasteiger partial charge in [0.25, 0.3) is 5.56 Å². The van der Waals surface area contributed by atoms with E-state index in [4.69, 9.17) is 23.2 Å². The second-order valence-corrected chi connectivity index (χ2v) is 9.76. The zero-order valence-electron chi connectivity index (χ0n) is 19.7. The fraction of sp³-hybridized carbons (Fsp3) is 0.133. The second-order valence-electron chi connectivity index (χ2n) is 8.89. The van der Waals surface area contributed by atoms with Crippen molar-refractivity contribution in [3.63, 3.8) is 0 Å². The lowest BCUT2D eigenvalue weighted by Gasteiger charge is -2.30. The standard InChI is InChI=1S/C30H24Cl2N2O2/c1-34-28-14-11-23(30(36,24-5-3-15-33-19-24)22-9-12-25(31)13-10-22)18-27(28)21(17-29(34)35)8-7-20-4-2-6-26(32)16-20/h2-6,9-19,36H,7-8H2,1H3. The number of aryl methyl sites for hydroxylation is 3. The smallest absolute Gasteiger partial charge is 0.251 e. The van der Waals surface area contributed by atoms with E-state index >= 15 is 0 Å². The van der Waals surface area contributed by atoms with Gasteiger partial charge in [-0.2, -0.15) is 0 Å². The molecule has 0 aliphatic heterocycles. The van der Waals surface area contributed by atoms with Crippen LogP contribution in [0.4, 0.5) is 0 Å². The molecule has 2 heterocycles. The minimum Gasteiger partial charge on any atom is -0.376 e. The van der Waals surface area contributed by atoms with Crippen LogP contribution < -0.4 is 5.56 Å². The summed E-state index contributed by atoms with van der Waals surface area (Å²) in [5.41, 5.74) is 3.26. The molecule has 0 saturated heterocycles. The van der Waals surface area contributed by atoms with Crippen molar-refractivity contribution < 1.29 is 5.11 Å². The van der Waals surface area contributed by atoms with Gasteiger partial charge in [-0.1, -0.05) is 59.6 Å². The minimum atomic E-state index is -1.47. The Hall–Kier alpha value is -3.44. The van der Waals surface area contributed by atoms with Crippen LogP contribution in [0, 0.1) is 0 Å². The molecule has 36 heavy (non-hydrogen) atoms. The maximum absolute atomic E-state index is 12.7. The van der Waals surface area contributed by atoms with E-state index in [2.05, 4.69) is 4.98 Å². The van der Waals surface area contributed by atoms with E-state index < -0.39 is 5.60 Å². The maximum Gasteiger partial charge on any atom is 0.251 e. The summed E-state index contributed by atoms with van der Waals surface area (Å²) in [6.07, 6.45) is 4.73. The molecule has 5 rings (SSSR count). The first-order chi connectivity index (χ1) is 17.4. The molecule has 0 radical (unpaired) electrons. The van der Waals surface area contributed by atoms with Gasteiger partial charge in [-0.25, -0.2) is 0 Å². The molecular weight excluding hydrogens is 491 g/mol. The van der Waals surface area contributed by atoms with Crippen LogP contribution in [-0.2, 0) is 25.5 Å². The topological polar surface area (TPSA) is 55.1 Å². The molecule has 5 aromatic rings. The SMILES string of the molecule is Cn1c(=O)cc(CCc2cccc(Cl)c2)c2cc(C(O)(c3ccc(Cl)cc3)c3cccnc3)ccc21. The molecule has 180 valence electrons. The van der Waals surface area contributed by atoms with E-state index in [9.17, 15) is 9.90 Å². The van der Waals surface area contributed by atoms with Crippen molar-refractivity contribution in [1.29, 1.82) is 0 Å². The first kappa shape index (κ1) is 24.3. The summed E-state index contributed by atoms with van der Waals surface area (Å²) in [6, 6.07) is 26.0. The van der Waals surface area contributed by atoms with Gasteiger partial charge < -0.3 is 9.67 Å². The number of rotatable bonds is 6. The third kappa shape index (κ3) is 4.56. The van der Waals surface area contributed by atoms with Crippen molar-refractivity contribution in [3.05, 3.63) is 146 Å². The van der Waals surface area contributed by atoms with Crippen LogP contribution in [0.2, 0.25) is 10.0 Å². The molecule has 3 aromatic carbocycles. The van der Waals surface area contributed by atoms with Gasteiger partial charge >= 0.3 is 0 Å². The van der Waals surface area contributed by atoms with Crippen molar-refractivity contribution in [1.82, 2.24) is 9.55 Å². The average molecular weight is 515 g/mol. The second kappa shape index (κ2) is 9.90. The summed E-state index contributed by atoms with van der Waals surface area (Å²) < 4.78 is 1.63. The Bertz CT molecular complexity index is 1600. The summed E-state index contributed by atoms with van der Waals surface area (Å²) in [5, 5.41) is 14.4. The number of fused-ring (bicyclic) bond motifs is 1. The molecule has 1 unspecified atom stereocenters. The average Bonchev–Trinajstić information content (AvgIpc) is 2.90. The largest absolute Gasteiger partial charge is 0.376 e. The van der Waals surface area contributed by atoms with Crippen molar-refractivity contribution >= 4 is 34.1 Å². The first-order valence-electron chi connectivity index (χ1n) is 11.6. The highest BCUT2D eigenvalue weighted by atomic mass is 35.5. The molecular formula is C30H24Cl2N2O2. The highest BCUT2D eigenvalue weighted by Crippen LogP contribution is 2.38. The van der Waals surface area contributed by atoms with Gasteiger partial charge in [0, 0.05) is 46.5 Å². The van der Waals surface area contributed by atoms with E-state index in [-0.39, 0.29) is 5.56 Å². The van der Waals surface area contributed by atoms with Gasteiger partial charge in [-0.3, -0.25) is 9.78 Å². The van der Waals surface area contributed by atoms with E-state index in [0.29, 0.717) is 33.2 Å². The Morgan fingerprint density at radius 3 is 2.33 bits per heavy atom. The Labute approximate surface area is 219 Å². The number of hydrogen-bond acceptors (Lipinski definition) is 3. The summed E-state index contributed by atoms with van der Waals surface area (Å²) in [4.78, 5) is 17.0. The summed E-state index contributed by atoms with van der Waals surface area (Å²) in [6.45, 7) is 0. The van der Waals surface area contributed by atoms with Crippen LogP contribution in [0.1, 0.15) is 27.8 Å². The van der Waals surface area contributed by atoms with E-state index in [1.165, 1.54) is 0 Å². The van der Waals surface area contributed by atoms with Crippen LogP contribution in [-0.4, -0.2) is 14.7 Å². The van der Waals surface area contributed by atoms with Gasteiger partial charge in [0.05, 0.1) is 5.52 Å². The Morgan fingerprint density at radius 1 is 0.833 bits per heavy atom. The predicted octanol–water partition coefficient (Wildman–Crippen LogP) is 6.31. The lowest BCUT2D eigenvalue weighted by molar-refractivity contribution is 0.125. The van der Waals surface area contributed by atoms with Gasteiger partial charge in [-0.05, 0) is 77.6 Å². The normalized spacial score (nSPS) is 13.0. The van der Waals surface area contributed by atoms with Gasteiger partial charge in [0.1, 0.15) is 5.60 Å². The van der Waals surface area contributed by atoms with E-state index in [1.54, 1.807) is 48.3 Å². The number of hydrogen-bond donors (Lipinski definition) is 1. The zero-order chi connectivity index (χ0) is 25.3. The maximum atomic E-state index is 12.7. The van der Waals surface area contributed by atoms with Crippen molar-refractivity contribution in [2.45, 2.75) is 18.4 Å². The number of pyridine rings is 2. The third-order valence-electron chi connectivity index (χ3n) is 6.66. The predicted molar refractivity (Wildman–Crippen MR) is 146 cm³/mol. The number of aliphatic hydroxyl groups is 1. The van der Waals surface area contributed by atoms with Crippen LogP contribution in [0.25, 0.3) is 10.9 Å². The summed E-state index contributed by atoms with van der Waals surface area (Å²) in [5.74, 6) is 0. The Morgan fingerprint density at radius 2 is 1.61 bits per heavy atom. The molecule has 0 spiro atoms. The lowest BCUT2D eigenvalue weighted by Crippen LogP contribution is -2.29. The van der Waals surface area contributed by atoms with Gasteiger partial charge in [0.15, 0.2) is 0 Å². The molecule has 1 atom stereocenters. The monoisotopic (exact) mass is 514 g/mol. The van der Waals surface area contributed by atoms with Crippen LogP contribution in [0.15, 0.2) is 102 Å². The summed E-state index contributed by atoms with van der Waals surface area (Å²) in [7, 11) is 1.76. The molecule has 4 nitrogen and oxygen atoms in total. The molecule has 6 heteroatoms. The van der Waals surface area contributed by atoms with Crippen molar-refractivity contribution in [2.24, 2.45) is 7.05 Å². The first-order valence-corrected chi connectivity index (χ1v) is 12.4. The summed E-state index contributed by atoms with van der Waals surface area (Å²) >= 11 is 12.3. The number of halogens is 2. The van der Waals surface area contributed by atoms with Crippen LogP contribution in [0.5, 0.6) is 0 Å².